The minimum Gasteiger partial charge on any atom is -0.459 e. The van der Waals surface area contributed by atoms with E-state index >= 15 is 0 Å². The highest BCUT2D eigenvalue weighted by molar-refractivity contribution is 5.87. The number of esters is 1. The summed E-state index contributed by atoms with van der Waals surface area (Å²) in [5.74, 6) is 2.12. The third kappa shape index (κ3) is 8.02. The Kier molecular flexibility index (Phi) is 11.1. The van der Waals surface area contributed by atoms with Crippen LogP contribution < -0.4 is 0 Å². The van der Waals surface area contributed by atoms with Gasteiger partial charge in [-0.3, -0.25) is 4.90 Å². The van der Waals surface area contributed by atoms with E-state index < -0.39 is 0 Å². The van der Waals surface area contributed by atoms with Crippen molar-refractivity contribution in [1.29, 1.82) is 0 Å². The lowest BCUT2D eigenvalue weighted by Crippen LogP contribution is -2.51. The summed E-state index contributed by atoms with van der Waals surface area (Å²) in [7, 11) is 0. The molecule has 220 valence electrons. The summed E-state index contributed by atoms with van der Waals surface area (Å²) in [5, 5.41) is 0. The van der Waals surface area contributed by atoms with Crippen LogP contribution in [0.4, 0.5) is 0 Å². The Bertz CT molecular complexity index is 780. The van der Waals surface area contributed by atoms with Gasteiger partial charge in [0.2, 0.25) is 0 Å². The average molecular weight is 538 g/mol. The molecule has 5 fully saturated rings. The third-order valence-corrected chi connectivity index (χ3v) is 11.4. The van der Waals surface area contributed by atoms with Gasteiger partial charge in [0.25, 0.3) is 0 Å². The van der Waals surface area contributed by atoms with Crippen molar-refractivity contribution in [2.45, 2.75) is 179 Å². The quantitative estimate of drug-likeness (QED) is 0.175. The lowest BCUT2D eigenvalue weighted by Gasteiger charge is -2.48. The van der Waals surface area contributed by atoms with Crippen LogP contribution in [0.5, 0.6) is 0 Å². The van der Waals surface area contributed by atoms with Gasteiger partial charge in [0.05, 0.1) is 0 Å². The van der Waals surface area contributed by atoms with Crippen LogP contribution in [-0.2, 0) is 9.53 Å². The van der Waals surface area contributed by atoms with Gasteiger partial charge in [-0.15, -0.1) is 0 Å². The molecule has 0 radical (unpaired) electrons. The maximum atomic E-state index is 12.1. The number of hydrogen-bond donors (Lipinski definition) is 0. The van der Waals surface area contributed by atoms with Crippen LogP contribution in [-0.4, -0.2) is 35.1 Å². The molecule has 0 atom stereocenters. The summed E-state index contributed by atoms with van der Waals surface area (Å²) >= 11 is 0. The Morgan fingerprint density at radius 1 is 0.615 bits per heavy atom. The van der Waals surface area contributed by atoms with E-state index in [2.05, 4.69) is 17.6 Å². The molecule has 3 nitrogen and oxygen atoms in total. The van der Waals surface area contributed by atoms with Crippen LogP contribution in [0.3, 0.4) is 0 Å². The molecule has 0 amide bonds. The first-order valence-corrected chi connectivity index (χ1v) is 17.4. The molecule has 0 spiro atoms. The molecule has 0 aromatic heterocycles. The lowest BCUT2D eigenvalue weighted by atomic mass is 9.71. The number of ether oxygens (including phenoxy) is 1. The summed E-state index contributed by atoms with van der Waals surface area (Å²) in [4.78, 5) is 15.2. The van der Waals surface area contributed by atoms with E-state index in [0.29, 0.717) is 11.5 Å². The van der Waals surface area contributed by atoms with Gasteiger partial charge < -0.3 is 4.74 Å². The second-order valence-electron chi connectivity index (χ2n) is 14.3. The van der Waals surface area contributed by atoms with Crippen molar-refractivity contribution < 1.29 is 9.53 Å². The van der Waals surface area contributed by atoms with Gasteiger partial charge in [0.1, 0.15) is 6.10 Å². The molecule has 5 aliphatic rings. The molecule has 39 heavy (non-hydrogen) atoms. The zero-order chi connectivity index (χ0) is 27.0. The molecule has 5 saturated carbocycles. The molecule has 5 rings (SSSR count). The number of allylic oxidation sites excluding steroid dienone is 2. The van der Waals surface area contributed by atoms with E-state index in [9.17, 15) is 4.79 Å². The molecular formula is C36H59NO2. The highest BCUT2D eigenvalue weighted by Crippen LogP contribution is 2.43. The SMILES string of the molecule is C=C(C)C(=O)OC1CCC(C(=CC2CCC(N(C3CCCCC3)C3CCCCC3)CC2)C2CCCCC2)CC1. The van der Waals surface area contributed by atoms with Gasteiger partial charge in [0, 0.05) is 23.7 Å². The van der Waals surface area contributed by atoms with Gasteiger partial charge >= 0.3 is 5.97 Å². The van der Waals surface area contributed by atoms with Crippen molar-refractivity contribution >= 4 is 5.97 Å². The summed E-state index contributed by atoms with van der Waals surface area (Å²) in [6.45, 7) is 5.53. The number of rotatable bonds is 8. The fourth-order valence-corrected chi connectivity index (χ4v) is 9.30. The van der Waals surface area contributed by atoms with E-state index in [1.54, 1.807) is 6.92 Å². The van der Waals surface area contributed by atoms with Crippen LogP contribution >= 0.6 is 0 Å². The molecule has 3 heteroatoms. The topological polar surface area (TPSA) is 29.5 Å². The number of hydrogen-bond acceptors (Lipinski definition) is 3. The molecule has 0 unspecified atom stereocenters. The molecule has 0 heterocycles. The van der Waals surface area contributed by atoms with Crippen LogP contribution in [0, 0.1) is 17.8 Å². The van der Waals surface area contributed by atoms with Gasteiger partial charge in [-0.1, -0.05) is 76.0 Å². The third-order valence-electron chi connectivity index (χ3n) is 11.4. The van der Waals surface area contributed by atoms with Crippen LogP contribution in [0.2, 0.25) is 0 Å². The smallest absolute Gasteiger partial charge is 0.333 e. The average Bonchev–Trinajstić information content (AvgIpc) is 2.99. The van der Waals surface area contributed by atoms with E-state index in [0.717, 1.165) is 42.8 Å². The van der Waals surface area contributed by atoms with Gasteiger partial charge in [-0.2, -0.15) is 0 Å². The van der Waals surface area contributed by atoms with Crippen LogP contribution in [0.1, 0.15) is 155 Å². The highest BCUT2D eigenvalue weighted by Gasteiger charge is 2.37. The summed E-state index contributed by atoms with van der Waals surface area (Å²) < 4.78 is 5.75. The van der Waals surface area contributed by atoms with E-state index in [1.165, 1.54) is 135 Å². The minimum absolute atomic E-state index is 0.0963. The molecule has 0 aromatic carbocycles. The zero-order valence-electron chi connectivity index (χ0n) is 25.4. The van der Waals surface area contributed by atoms with Gasteiger partial charge in [-0.25, -0.2) is 4.79 Å². The second-order valence-corrected chi connectivity index (χ2v) is 14.3. The Morgan fingerprint density at radius 2 is 1.08 bits per heavy atom. The number of carbonyl (C=O) groups excluding carboxylic acids is 1. The monoisotopic (exact) mass is 537 g/mol. The van der Waals surface area contributed by atoms with Crippen molar-refractivity contribution in [3.63, 3.8) is 0 Å². The molecule has 0 N–H and O–H groups in total. The van der Waals surface area contributed by atoms with Crippen molar-refractivity contribution in [2.24, 2.45) is 17.8 Å². The van der Waals surface area contributed by atoms with Gasteiger partial charge in [0.15, 0.2) is 0 Å². The molecule has 0 saturated heterocycles. The summed E-state index contributed by atoms with van der Waals surface area (Å²) in [6, 6.07) is 2.61. The van der Waals surface area contributed by atoms with E-state index in [1.807, 2.05) is 5.57 Å². The fraction of sp³-hybridized carbons (Fsp3) is 0.861. The van der Waals surface area contributed by atoms with Crippen molar-refractivity contribution in [3.8, 4) is 0 Å². The Hall–Kier alpha value is -1.09. The fourth-order valence-electron chi connectivity index (χ4n) is 9.30. The van der Waals surface area contributed by atoms with E-state index in [4.69, 9.17) is 4.74 Å². The predicted octanol–water partition coefficient (Wildman–Crippen LogP) is 9.70. The van der Waals surface area contributed by atoms with Crippen LogP contribution in [0.15, 0.2) is 23.8 Å². The zero-order valence-corrected chi connectivity index (χ0v) is 25.4. The molecule has 5 aliphatic carbocycles. The maximum Gasteiger partial charge on any atom is 0.333 e. The Balaban J connectivity index is 1.22. The summed E-state index contributed by atoms with van der Waals surface area (Å²) in [5.41, 5.74) is 2.36. The second kappa shape index (κ2) is 14.7. The van der Waals surface area contributed by atoms with Crippen molar-refractivity contribution in [3.05, 3.63) is 23.8 Å². The van der Waals surface area contributed by atoms with Crippen molar-refractivity contribution in [2.75, 3.05) is 0 Å². The standard InChI is InChI=1S/C36H59NO2/c1-27(2)36(38)39-34-24-20-30(21-25-34)35(29-12-6-3-7-13-29)26-28-18-22-33(23-19-28)37(31-14-8-4-9-15-31)32-16-10-5-11-17-32/h26,28-34H,1,3-25H2,2H3. The number of nitrogens with zero attached hydrogens (tertiary/aromatic N) is 1. The number of carbonyl (C=O) groups is 1. The molecule has 0 bridgehead atoms. The first kappa shape index (κ1) is 29.4. The summed E-state index contributed by atoms with van der Waals surface area (Å²) in [6.07, 6.45) is 34.8. The molecule has 0 aromatic rings. The first-order valence-electron chi connectivity index (χ1n) is 17.4. The largest absolute Gasteiger partial charge is 0.459 e. The highest BCUT2D eigenvalue weighted by atomic mass is 16.5. The van der Waals surface area contributed by atoms with Crippen LogP contribution in [0.25, 0.3) is 0 Å². The molecule has 0 aliphatic heterocycles. The molecular weight excluding hydrogens is 478 g/mol. The maximum absolute atomic E-state index is 12.1. The van der Waals surface area contributed by atoms with Gasteiger partial charge in [-0.05, 0) is 115 Å². The Labute approximate surface area is 240 Å². The first-order chi connectivity index (χ1) is 19.1. The van der Waals surface area contributed by atoms with Crippen molar-refractivity contribution in [1.82, 2.24) is 4.90 Å². The minimum atomic E-state index is -0.200. The lowest BCUT2D eigenvalue weighted by molar-refractivity contribution is -0.145. The Morgan fingerprint density at radius 3 is 1.59 bits per heavy atom. The normalized spacial score (nSPS) is 32.7. The predicted molar refractivity (Wildman–Crippen MR) is 163 cm³/mol. The van der Waals surface area contributed by atoms with E-state index in [-0.39, 0.29) is 12.1 Å².